The summed E-state index contributed by atoms with van der Waals surface area (Å²) < 4.78 is 19.4. The maximum absolute atomic E-state index is 13.7. The van der Waals surface area contributed by atoms with Crippen molar-refractivity contribution in [1.82, 2.24) is 10.5 Å². The van der Waals surface area contributed by atoms with E-state index in [-0.39, 0.29) is 11.9 Å². The van der Waals surface area contributed by atoms with Gasteiger partial charge in [-0.15, -0.1) is 0 Å². The van der Waals surface area contributed by atoms with Crippen LogP contribution in [0, 0.1) is 12.7 Å². The van der Waals surface area contributed by atoms with Crippen molar-refractivity contribution in [3.05, 3.63) is 51.6 Å². The molecule has 0 aliphatic carbocycles. The molecule has 0 saturated carbocycles. The van der Waals surface area contributed by atoms with Gasteiger partial charge in [-0.3, -0.25) is 0 Å². The molecule has 0 aliphatic heterocycles. The van der Waals surface area contributed by atoms with Gasteiger partial charge >= 0.3 is 0 Å². The summed E-state index contributed by atoms with van der Waals surface area (Å²) >= 11 is 3.24. The highest BCUT2D eigenvalue weighted by Crippen LogP contribution is 2.21. The molecule has 96 valence electrons. The number of halogens is 2. The van der Waals surface area contributed by atoms with Crippen LogP contribution in [0.2, 0.25) is 0 Å². The van der Waals surface area contributed by atoms with Gasteiger partial charge < -0.3 is 9.84 Å². The SMILES string of the molecule is Cc1cc(CNC(C)c2ccc(Br)cc2F)no1. The van der Waals surface area contributed by atoms with E-state index in [1.54, 1.807) is 6.07 Å². The van der Waals surface area contributed by atoms with Crippen LogP contribution < -0.4 is 5.32 Å². The molecule has 0 amide bonds. The first-order valence-corrected chi connectivity index (χ1v) is 6.46. The highest BCUT2D eigenvalue weighted by molar-refractivity contribution is 9.10. The normalized spacial score (nSPS) is 12.7. The van der Waals surface area contributed by atoms with Gasteiger partial charge in [0, 0.05) is 28.7 Å². The van der Waals surface area contributed by atoms with Crippen molar-refractivity contribution in [3.8, 4) is 0 Å². The molecule has 0 bridgehead atoms. The molecule has 1 N–H and O–H groups in total. The number of rotatable bonds is 4. The molecule has 2 rings (SSSR count). The fourth-order valence-corrected chi connectivity index (χ4v) is 2.05. The lowest BCUT2D eigenvalue weighted by Crippen LogP contribution is -2.19. The number of aryl methyl sites for hydroxylation is 1. The van der Waals surface area contributed by atoms with E-state index >= 15 is 0 Å². The molecule has 1 aromatic heterocycles. The summed E-state index contributed by atoms with van der Waals surface area (Å²) in [5.74, 6) is 0.551. The van der Waals surface area contributed by atoms with E-state index in [0.717, 1.165) is 15.9 Å². The molecule has 0 radical (unpaired) electrons. The first kappa shape index (κ1) is 13.2. The number of hydrogen-bond acceptors (Lipinski definition) is 3. The third kappa shape index (κ3) is 3.17. The van der Waals surface area contributed by atoms with Gasteiger partial charge in [-0.25, -0.2) is 4.39 Å². The second kappa shape index (κ2) is 5.63. The van der Waals surface area contributed by atoms with Gasteiger partial charge in [-0.1, -0.05) is 27.2 Å². The van der Waals surface area contributed by atoms with Crippen molar-refractivity contribution >= 4 is 15.9 Å². The molecule has 1 atom stereocenters. The molecule has 1 unspecified atom stereocenters. The van der Waals surface area contributed by atoms with Gasteiger partial charge in [-0.2, -0.15) is 0 Å². The Kier molecular flexibility index (Phi) is 4.14. The highest BCUT2D eigenvalue weighted by Gasteiger charge is 2.11. The highest BCUT2D eigenvalue weighted by atomic mass is 79.9. The second-order valence-electron chi connectivity index (χ2n) is 4.20. The van der Waals surface area contributed by atoms with E-state index in [4.69, 9.17) is 4.52 Å². The Morgan fingerprint density at radius 3 is 2.83 bits per heavy atom. The van der Waals surface area contributed by atoms with Gasteiger partial charge in [0.25, 0.3) is 0 Å². The number of benzene rings is 1. The minimum atomic E-state index is -0.222. The molecule has 0 fully saturated rings. The predicted molar refractivity (Wildman–Crippen MR) is 70.6 cm³/mol. The van der Waals surface area contributed by atoms with Gasteiger partial charge in [0.2, 0.25) is 0 Å². The lowest BCUT2D eigenvalue weighted by molar-refractivity contribution is 0.386. The van der Waals surface area contributed by atoms with E-state index in [0.29, 0.717) is 12.1 Å². The maximum Gasteiger partial charge on any atom is 0.133 e. The topological polar surface area (TPSA) is 38.1 Å². The van der Waals surface area contributed by atoms with Gasteiger partial charge in [0.1, 0.15) is 11.6 Å². The van der Waals surface area contributed by atoms with E-state index in [1.807, 2.05) is 26.0 Å². The van der Waals surface area contributed by atoms with Crippen molar-refractivity contribution in [2.45, 2.75) is 26.4 Å². The number of aromatic nitrogens is 1. The fraction of sp³-hybridized carbons (Fsp3) is 0.308. The molecular formula is C13H14BrFN2O. The van der Waals surface area contributed by atoms with Crippen LogP contribution in [0.15, 0.2) is 33.3 Å². The molecule has 0 aliphatic rings. The zero-order chi connectivity index (χ0) is 13.1. The summed E-state index contributed by atoms with van der Waals surface area (Å²) in [5, 5.41) is 7.09. The Balaban J connectivity index is 2.01. The van der Waals surface area contributed by atoms with E-state index in [2.05, 4.69) is 26.4 Å². The van der Waals surface area contributed by atoms with Crippen LogP contribution in [0.1, 0.15) is 30.0 Å². The second-order valence-corrected chi connectivity index (χ2v) is 5.11. The summed E-state index contributed by atoms with van der Waals surface area (Å²) in [7, 11) is 0. The van der Waals surface area contributed by atoms with Crippen molar-refractivity contribution in [2.75, 3.05) is 0 Å². The molecule has 1 heterocycles. The van der Waals surface area contributed by atoms with Crippen molar-refractivity contribution in [3.63, 3.8) is 0 Å². The first-order chi connectivity index (χ1) is 8.56. The minimum Gasteiger partial charge on any atom is -0.361 e. The van der Waals surface area contributed by atoms with Crippen LogP contribution >= 0.6 is 15.9 Å². The monoisotopic (exact) mass is 312 g/mol. The zero-order valence-electron chi connectivity index (χ0n) is 10.2. The van der Waals surface area contributed by atoms with Crippen molar-refractivity contribution in [1.29, 1.82) is 0 Å². The molecule has 18 heavy (non-hydrogen) atoms. The van der Waals surface area contributed by atoms with Crippen LogP contribution in [0.3, 0.4) is 0 Å². The van der Waals surface area contributed by atoms with Crippen LogP contribution in [-0.4, -0.2) is 5.16 Å². The summed E-state index contributed by atoms with van der Waals surface area (Å²) in [6.45, 7) is 4.31. The number of nitrogens with one attached hydrogen (secondary N) is 1. The van der Waals surface area contributed by atoms with E-state index in [9.17, 15) is 4.39 Å². The first-order valence-electron chi connectivity index (χ1n) is 5.67. The van der Waals surface area contributed by atoms with Gasteiger partial charge in [-0.05, 0) is 26.0 Å². The Morgan fingerprint density at radius 1 is 1.44 bits per heavy atom. The Labute approximate surface area is 113 Å². The smallest absolute Gasteiger partial charge is 0.133 e. The summed E-state index contributed by atoms with van der Waals surface area (Å²) in [6, 6.07) is 6.84. The van der Waals surface area contributed by atoms with E-state index < -0.39 is 0 Å². The molecule has 2 aromatic rings. The average Bonchev–Trinajstić information content (AvgIpc) is 2.72. The van der Waals surface area contributed by atoms with Crippen LogP contribution in [-0.2, 0) is 6.54 Å². The summed E-state index contributed by atoms with van der Waals surface area (Å²) in [6.07, 6.45) is 0. The number of hydrogen-bond donors (Lipinski definition) is 1. The van der Waals surface area contributed by atoms with Crippen LogP contribution in [0.25, 0.3) is 0 Å². The summed E-state index contributed by atoms with van der Waals surface area (Å²) in [5.41, 5.74) is 1.45. The molecule has 0 spiro atoms. The van der Waals surface area contributed by atoms with Crippen molar-refractivity contribution in [2.24, 2.45) is 0 Å². The van der Waals surface area contributed by atoms with Crippen molar-refractivity contribution < 1.29 is 8.91 Å². The molecule has 1 aromatic carbocycles. The van der Waals surface area contributed by atoms with Gasteiger partial charge in [0.05, 0.1) is 5.69 Å². The minimum absolute atomic E-state index is 0.0879. The maximum atomic E-state index is 13.7. The molecule has 0 saturated heterocycles. The lowest BCUT2D eigenvalue weighted by Gasteiger charge is -2.14. The quantitative estimate of drug-likeness (QED) is 0.934. The lowest BCUT2D eigenvalue weighted by atomic mass is 10.1. The fourth-order valence-electron chi connectivity index (χ4n) is 1.72. The largest absolute Gasteiger partial charge is 0.361 e. The molecule has 3 nitrogen and oxygen atoms in total. The third-order valence-electron chi connectivity index (χ3n) is 2.70. The zero-order valence-corrected chi connectivity index (χ0v) is 11.8. The Bertz CT molecular complexity index is 542. The Morgan fingerprint density at radius 2 is 2.22 bits per heavy atom. The average molecular weight is 313 g/mol. The molecule has 5 heteroatoms. The predicted octanol–water partition coefficient (Wildman–Crippen LogP) is 3.74. The van der Waals surface area contributed by atoms with Gasteiger partial charge in [0.15, 0.2) is 0 Å². The third-order valence-corrected chi connectivity index (χ3v) is 3.19. The number of nitrogens with zero attached hydrogens (tertiary/aromatic N) is 1. The van der Waals surface area contributed by atoms with E-state index in [1.165, 1.54) is 6.07 Å². The van der Waals surface area contributed by atoms with Crippen LogP contribution in [0.4, 0.5) is 4.39 Å². The van der Waals surface area contributed by atoms with Crippen LogP contribution in [0.5, 0.6) is 0 Å². The summed E-state index contributed by atoms with van der Waals surface area (Å²) in [4.78, 5) is 0. The Hall–Kier alpha value is -1.20. The molecular weight excluding hydrogens is 299 g/mol. The standard InChI is InChI=1S/C13H14BrFN2O/c1-8-5-11(17-18-8)7-16-9(2)12-4-3-10(14)6-13(12)15/h3-6,9,16H,7H2,1-2H3.